The van der Waals surface area contributed by atoms with E-state index in [0.29, 0.717) is 4.47 Å². The molecule has 0 fully saturated rings. The number of nitriles is 1. The smallest absolute Gasteiger partial charge is 0.144 e. The van der Waals surface area contributed by atoms with E-state index in [1.54, 1.807) is 26.8 Å². The number of nitrogens with zero attached hydrogens (tertiary/aromatic N) is 2. The summed E-state index contributed by atoms with van der Waals surface area (Å²) >= 11 is 1.53. The summed E-state index contributed by atoms with van der Waals surface area (Å²) in [5, 5.41) is 9.29. The minimum Gasteiger partial charge on any atom is -0.591 e. The average molecular weight is 425 g/mol. The van der Waals surface area contributed by atoms with Crippen molar-refractivity contribution in [2.75, 3.05) is 0 Å². The fourth-order valence-electron chi connectivity index (χ4n) is 1.98. The van der Waals surface area contributed by atoms with Crippen LogP contribution in [-0.2, 0) is 11.4 Å². The number of rotatable bonds is 3. The van der Waals surface area contributed by atoms with Gasteiger partial charge in [0.25, 0.3) is 0 Å². The molecular weight excluding hydrogens is 410 g/mol. The molecule has 0 saturated carbocycles. The van der Waals surface area contributed by atoms with E-state index in [-0.39, 0.29) is 22.4 Å². The van der Waals surface area contributed by atoms with E-state index < -0.39 is 27.7 Å². The summed E-state index contributed by atoms with van der Waals surface area (Å²) in [4.78, 5) is 0. The highest BCUT2D eigenvalue weighted by Crippen LogP contribution is 2.26. The Morgan fingerprint density at radius 2 is 1.84 bits per heavy atom. The molecule has 130 valence electrons. The quantitative estimate of drug-likeness (QED) is 0.519. The Labute approximate surface area is 156 Å². The summed E-state index contributed by atoms with van der Waals surface area (Å²) in [6.07, 6.45) is 0. The second-order valence-electron chi connectivity index (χ2n) is 6.20. The molecule has 0 aromatic heterocycles. The highest BCUT2D eigenvalue weighted by molar-refractivity contribution is 9.10. The minimum atomic E-state index is -1.73. The second kappa shape index (κ2) is 7.65. The summed E-state index contributed by atoms with van der Waals surface area (Å²) in [6, 6.07) is 9.96. The van der Waals surface area contributed by atoms with Gasteiger partial charge in [0.05, 0.1) is 5.56 Å². The molecule has 0 aliphatic rings. The third-order valence-corrected chi connectivity index (χ3v) is 5.15. The lowest BCUT2D eigenvalue weighted by molar-refractivity contribution is 0.561. The summed E-state index contributed by atoms with van der Waals surface area (Å²) in [5.74, 6) is -1.36. The van der Waals surface area contributed by atoms with Crippen molar-refractivity contribution < 1.29 is 13.3 Å². The average Bonchev–Trinajstić information content (AvgIpc) is 2.53. The van der Waals surface area contributed by atoms with Crippen molar-refractivity contribution in [2.45, 2.75) is 25.5 Å². The van der Waals surface area contributed by atoms with E-state index in [4.69, 9.17) is 0 Å². The maximum Gasteiger partial charge on any atom is 0.144 e. The molecule has 7 heteroatoms. The van der Waals surface area contributed by atoms with E-state index >= 15 is 0 Å². The third-order valence-electron chi connectivity index (χ3n) is 3.26. The molecule has 0 amide bonds. The van der Waals surface area contributed by atoms with Gasteiger partial charge < -0.3 is 4.55 Å². The molecule has 2 aromatic carbocycles. The van der Waals surface area contributed by atoms with Crippen molar-refractivity contribution in [1.82, 2.24) is 0 Å². The molecule has 2 rings (SSSR count). The molecule has 0 bridgehead atoms. The Morgan fingerprint density at radius 1 is 1.16 bits per heavy atom. The predicted molar refractivity (Wildman–Crippen MR) is 98.7 cm³/mol. The van der Waals surface area contributed by atoms with Crippen LogP contribution in [0.25, 0.3) is 0 Å². The number of benzene rings is 2. The molecule has 1 atom stereocenters. The minimum absolute atomic E-state index is 0.0249. The van der Waals surface area contributed by atoms with Crippen molar-refractivity contribution in [3.05, 3.63) is 69.2 Å². The molecular formula is C18H15BrF2N2OS. The summed E-state index contributed by atoms with van der Waals surface area (Å²) in [5.41, 5.74) is -0.166. The van der Waals surface area contributed by atoms with Gasteiger partial charge in [-0.1, -0.05) is 32.5 Å². The maximum atomic E-state index is 14.4. The van der Waals surface area contributed by atoms with Crippen LogP contribution in [0.3, 0.4) is 0 Å². The summed E-state index contributed by atoms with van der Waals surface area (Å²) in [6.45, 7) is 5.16. The molecule has 0 heterocycles. The van der Waals surface area contributed by atoms with E-state index in [9.17, 15) is 18.6 Å². The van der Waals surface area contributed by atoms with Crippen LogP contribution in [-0.4, -0.2) is 15.0 Å². The molecule has 2 aromatic rings. The number of hydrogen-bond donors (Lipinski definition) is 0. The van der Waals surface area contributed by atoms with E-state index in [2.05, 4.69) is 20.3 Å². The zero-order valence-electron chi connectivity index (χ0n) is 13.8. The highest BCUT2D eigenvalue weighted by Gasteiger charge is 2.29. The van der Waals surface area contributed by atoms with Crippen LogP contribution in [0, 0.1) is 23.0 Å². The van der Waals surface area contributed by atoms with Gasteiger partial charge in [-0.05, 0) is 45.0 Å². The Hall–Kier alpha value is -1.75. The SMILES string of the molecule is CC(C)(C)[S+]([O-])/N=C(\c1cc(Br)ccc1F)c1cccc(F)c1C#N. The zero-order valence-corrected chi connectivity index (χ0v) is 16.2. The van der Waals surface area contributed by atoms with Crippen LogP contribution >= 0.6 is 15.9 Å². The first-order valence-electron chi connectivity index (χ1n) is 7.30. The van der Waals surface area contributed by atoms with Gasteiger partial charge in [0.2, 0.25) is 0 Å². The monoisotopic (exact) mass is 424 g/mol. The summed E-state index contributed by atoms with van der Waals surface area (Å²) < 4.78 is 45.0. The van der Waals surface area contributed by atoms with Gasteiger partial charge in [-0.3, -0.25) is 0 Å². The maximum absolute atomic E-state index is 14.4. The molecule has 0 aliphatic carbocycles. The molecule has 1 unspecified atom stereocenters. The van der Waals surface area contributed by atoms with Gasteiger partial charge in [0.15, 0.2) is 0 Å². The van der Waals surface area contributed by atoms with Crippen molar-refractivity contribution in [2.24, 2.45) is 4.40 Å². The first-order valence-corrected chi connectivity index (χ1v) is 9.20. The fraction of sp³-hybridized carbons (Fsp3) is 0.222. The van der Waals surface area contributed by atoms with Crippen molar-refractivity contribution in [1.29, 1.82) is 5.26 Å². The van der Waals surface area contributed by atoms with Crippen LogP contribution < -0.4 is 0 Å². The van der Waals surface area contributed by atoms with Gasteiger partial charge in [-0.15, -0.1) is 0 Å². The molecule has 0 saturated heterocycles. The molecule has 25 heavy (non-hydrogen) atoms. The van der Waals surface area contributed by atoms with Crippen molar-refractivity contribution >= 4 is 33.0 Å². The lowest BCUT2D eigenvalue weighted by Gasteiger charge is -2.20. The number of hydrogen-bond acceptors (Lipinski definition) is 3. The first kappa shape index (κ1) is 19.6. The zero-order chi connectivity index (χ0) is 18.8. The molecule has 3 nitrogen and oxygen atoms in total. The normalized spacial score (nSPS) is 13.4. The van der Waals surface area contributed by atoms with Crippen LogP contribution in [0.4, 0.5) is 8.78 Å². The standard InChI is InChI=1S/C18H15BrF2N2OS/c1-18(2,3)25(24)23-17(13-9-11(19)7-8-16(13)21)12-5-4-6-15(20)14(12)10-22/h4-9H,1-3H3/b23-17-. The fourth-order valence-corrected chi connectivity index (χ4v) is 2.97. The summed E-state index contributed by atoms with van der Waals surface area (Å²) in [7, 11) is 0. The Balaban J connectivity index is 2.79. The van der Waals surface area contributed by atoms with Gasteiger partial charge in [-0.25, -0.2) is 8.78 Å². The third kappa shape index (κ3) is 4.46. The molecule has 0 aliphatic heterocycles. The first-order chi connectivity index (χ1) is 11.6. The lowest BCUT2D eigenvalue weighted by atomic mass is 9.97. The largest absolute Gasteiger partial charge is 0.591 e. The topological polar surface area (TPSA) is 59.2 Å². The van der Waals surface area contributed by atoms with Gasteiger partial charge in [0, 0.05) is 15.6 Å². The Kier molecular flexibility index (Phi) is 5.99. The molecule has 0 spiro atoms. The van der Waals surface area contributed by atoms with E-state index in [1.807, 2.05) is 0 Å². The molecule has 0 N–H and O–H groups in total. The Morgan fingerprint density at radius 3 is 2.44 bits per heavy atom. The molecule has 0 radical (unpaired) electrons. The van der Waals surface area contributed by atoms with Crippen LogP contribution in [0.15, 0.2) is 45.3 Å². The Bertz CT molecular complexity index is 872. The highest BCUT2D eigenvalue weighted by atomic mass is 79.9. The van der Waals surface area contributed by atoms with Gasteiger partial charge in [-0.2, -0.15) is 5.26 Å². The van der Waals surface area contributed by atoms with E-state index in [0.717, 1.165) is 6.07 Å². The van der Waals surface area contributed by atoms with Crippen LogP contribution in [0.2, 0.25) is 0 Å². The van der Waals surface area contributed by atoms with Gasteiger partial charge >= 0.3 is 0 Å². The van der Waals surface area contributed by atoms with Crippen LogP contribution in [0.1, 0.15) is 37.5 Å². The second-order valence-corrected chi connectivity index (χ2v) is 9.02. The number of halogens is 3. The van der Waals surface area contributed by atoms with Crippen molar-refractivity contribution in [3.63, 3.8) is 0 Å². The van der Waals surface area contributed by atoms with Crippen LogP contribution in [0.5, 0.6) is 0 Å². The van der Waals surface area contributed by atoms with Gasteiger partial charge in [0.1, 0.15) is 39.5 Å². The van der Waals surface area contributed by atoms with E-state index in [1.165, 1.54) is 30.3 Å². The van der Waals surface area contributed by atoms with Crippen molar-refractivity contribution in [3.8, 4) is 6.07 Å². The lowest BCUT2D eigenvalue weighted by Crippen LogP contribution is -2.27. The predicted octanol–water partition coefficient (Wildman–Crippen LogP) is 4.90.